The molecule has 0 aliphatic rings. The van der Waals surface area contributed by atoms with Crippen molar-refractivity contribution in [1.29, 1.82) is 0 Å². The highest BCUT2D eigenvalue weighted by atomic mass is 32.2. The zero-order chi connectivity index (χ0) is 20.7. The summed E-state index contributed by atoms with van der Waals surface area (Å²) in [4.78, 5) is 29.1. The van der Waals surface area contributed by atoms with Gasteiger partial charge in [-0.3, -0.25) is 14.0 Å². The summed E-state index contributed by atoms with van der Waals surface area (Å²) in [5.74, 6) is 0.411. The van der Waals surface area contributed by atoms with E-state index in [0.717, 1.165) is 11.1 Å². The van der Waals surface area contributed by atoms with Gasteiger partial charge in [0.05, 0.1) is 11.4 Å². The fourth-order valence-corrected chi connectivity index (χ4v) is 3.96. The lowest BCUT2D eigenvalue weighted by Gasteiger charge is -2.04. The van der Waals surface area contributed by atoms with Gasteiger partial charge in [-0.25, -0.2) is 14.6 Å². The Morgan fingerprint density at radius 2 is 1.90 bits per heavy atom. The van der Waals surface area contributed by atoms with Crippen molar-refractivity contribution in [2.75, 3.05) is 0 Å². The van der Waals surface area contributed by atoms with Gasteiger partial charge in [0.1, 0.15) is 11.2 Å². The van der Waals surface area contributed by atoms with Crippen LogP contribution in [0.1, 0.15) is 11.3 Å². The Kier molecular flexibility index (Phi) is 4.44. The molecule has 0 aliphatic heterocycles. The number of fused-ring (bicyclic) bond motifs is 2. The van der Waals surface area contributed by atoms with Gasteiger partial charge < -0.3 is 0 Å². The smallest absolute Gasteiger partial charge is 0.269 e. The van der Waals surface area contributed by atoms with Crippen LogP contribution < -0.4 is 11.1 Å². The van der Waals surface area contributed by atoms with E-state index in [2.05, 4.69) is 20.3 Å². The molecule has 5 rings (SSSR count). The van der Waals surface area contributed by atoms with E-state index >= 15 is 0 Å². The molecule has 30 heavy (non-hydrogen) atoms. The van der Waals surface area contributed by atoms with E-state index in [1.165, 1.54) is 26.7 Å². The maximum Gasteiger partial charge on any atom is 0.290 e. The molecule has 0 saturated heterocycles. The number of aromatic amines is 1. The average Bonchev–Trinajstić information content (AvgIpc) is 3.20. The van der Waals surface area contributed by atoms with Crippen LogP contribution in [0.5, 0.6) is 0 Å². The number of aryl methyl sites for hydroxylation is 1. The normalized spacial score (nSPS) is 11.4. The fraction of sp³-hybridized carbons (Fsp3) is 0.0952. The molecule has 0 unspecified atom stereocenters. The number of pyridine rings is 1. The largest absolute Gasteiger partial charge is 0.290 e. The van der Waals surface area contributed by atoms with Gasteiger partial charge in [0.25, 0.3) is 11.1 Å². The standard InChI is InChI=1S/C21H16N6O2S/c1-13-5-7-14(8-6-13)16-11-17-20(29)23-24-21(27(17)25-16)30-12-15-10-19(28)26-9-3-2-4-18(26)22-15/h2-11H,12H2,1H3,(H,23,29). The first-order valence-corrected chi connectivity index (χ1v) is 10.2. The van der Waals surface area contributed by atoms with Crippen molar-refractivity contribution in [3.8, 4) is 11.3 Å². The third kappa shape index (κ3) is 3.29. The Morgan fingerprint density at radius 3 is 2.73 bits per heavy atom. The average molecular weight is 416 g/mol. The van der Waals surface area contributed by atoms with Crippen molar-refractivity contribution >= 4 is 22.9 Å². The van der Waals surface area contributed by atoms with Crippen LogP contribution in [-0.4, -0.2) is 29.2 Å². The first-order chi connectivity index (χ1) is 14.6. The molecule has 0 atom stereocenters. The Bertz CT molecular complexity index is 1500. The van der Waals surface area contributed by atoms with Crippen molar-refractivity contribution in [1.82, 2.24) is 29.2 Å². The van der Waals surface area contributed by atoms with Crippen molar-refractivity contribution < 1.29 is 0 Å². The van der Waals surface area contributed by atoms with Crippen LogP contribution in [0.25, 0.3) is 22.4 Å². The molecule has 5 aromatic rings. The second kappa shape index (κ2) is 7.27. The van der Waals surface area contributed by atoms with E-state index in [1.807, 2.05) is 37.3 Å². The van der Waals surface area contributed by atoms with Gasteiger partial charge in [-0.2, -0.15) is 5.10 Å². The fourth-order valence-electron chi connectivity index (χ4n) is 3.17. The van der Waals surface area contributed by atoms with E-state index in [0.29, 0.717) is 33.5 Å². The summed E-state index contributed by atoms with van der Waals surface area (Å²) in [6.45, 7) is 2.02. The van der Waals surface area contributed by atoms with Crippen molar-refractivity contribution in [2.45, 2.75) is 17.8 Å². The molecule has 0 spiro atoms. The van der Waals surface area contributed by atoms with Crippen molar-refractivity contribution in [3.05, 3.63) is 92.8 Å². The molecule has 0 saturated carbocycles. The predicted octanol–water partition coefficient (Wildman–Crippen LogP) is 2.69. The van der Waals surface area contributed by atoms with E-state index in [9.17, 15) is 9.59 Å². The molecule has 1 N–H and O–H groups in total. The second-order valence-corrected chi connectivity index (χ2v) is 7.77. The number of H-pyrrole nitrogens is 1. The highest BCUT2D eigenvalue weighted by molar-refractivity contribution is 7.98. The van der Waals surface area contributed by atoms with Gasteiger partial charge in [-0.1, -0.05) is 47.7 Å². The van der Waals surface area contributed by atoms with Crippen LogP contribution in [0.2, 0.25) is 0 Å². The van der Waals surface area contributed by atoms with Crippen LogP contribution in [0.15, 0.2) is 75.5 Å². The van der Waals surface area contributed by atoms with Gasteiger partial charge in [-0.05, 0) is 25.1 Å². The van der Waals surface area contributed by atoms with Crippen molar-refractivity contribution in [2.24, 2.45) is 0 Å². The maximum atomic E-state index is 12.3. The number of thioether (sulfide) groups is 1. The van der Waals surface area contributed by atoms with Crippen LogP contribution in [0.4, 0.5) is 0 Å². The SMILES string of the molecule is Cc1ccc(-c2cc3c(=O)[nH]nc(SCc4cc(=O)n5ccccc5n4)n3n2)cc1. The third-order valence-electron chi connectivity index (χ3n) is 4.70. The highest BCUT2D eigenvalue weighted by Gasteiger charge is 2.13. The molecule has 0 fully saturated rings. The third-order valence-corrected chi connectivity index (χ3v) is 5.66. The number of benzene rings is 1. The quantitative estimate of drug-likeness (QED) is 0.453. The molecule has 0 radical (unpaired) electrons. The Balaban J connectivity index is 1.50. The molecule has 4 aromatic heterocycles. The predicted molar refractivity (Wildman–Crippen MR) is 115 cm³/mol. The zero-order valence-electron chi connectivity index (χ0n) is 15.9. The topological polar surface area (TPSA) is 97.4 Å². The molecule has 0 amide bonds. The second-order valence-electron chi connectivity index (χ2n) is 6.83. The number of hydrogen-bond acceptors (Lipinski definition) is 6. The van der Waals surface area contributed by atoms with Gasteiger partial charge in [0.2, 0.25) is 5.16 Å². The molecular formula is C21H16N6O2S. The molecule has 1 aromatic carbocycles. The van der Waals surface area contributed by atoms with E-state index < -0.39 is 0 Å². The maximum absolute atomic E-state index is 12.3. The summed E-state index contributed by atoms with van der Waals surface area (Å²) in [5.41, 5.74) is 3.93. The summed E-state index contributed by atoms with van der Waals surface area (Å²) in [6.07, 6.45) is 1.69. The summed E-state index contributed by atoms with van der Waals surface area (Å²) in [7, 11) is 0. The number of nitrogens with zero attached hydrogens (tertiary/aromatic N) is 5. The molecule has 0 bridgehead atoms. The Hall–Kier alpha value is -3.72. The Morgan fingerprint density at radius 1 is 1.07 bits per heavy atom. The van der Waals surface area contributed by atoms with Crippen LogP contribution in [0.3, 0.4) is 0 Å². The Labute approximate surface area is 174 Å². The van der Waals surface area contributed by atoms with Crippen LogP contribution in [0, 0.1) is 6.92 Å². The highest BCUT2D eigenvalue weighted by Crippen LogP contribution is 2.23. The molecule has 148 valence electrons. The van der Waals surface area contributed by atoms with Crippen molar-refractivity contribution in [3.63, 3.8) is 0 Å². The van der Waals surface area contributed by atoms with Crippen LogP contribution >= 0.6 is 11.8 Å². The van der Waals surface area contributed by atoms with Gasteiger partial charge in [0, 0.05) is 23.6 Å². The molecule has 0 aliphatic carbocycles. The number of nitrogens with one attached hydrogen (secondary N) is 1. The van der Waals surface area contributed by atoms with E-state index in [-0.39, 0.29) is 11.1 Å². The minimum Gasteiger partial charge on any atom is -0.269 e. The monoisotopic (exact) mass is 416 g/mol. The molecule has 9 heteroatoms. The zero-order valence-corrected chi connectivity index (χ0v) is 16.8. The lowest BCUT2D eigenvalue weighted by molar-refractivity contribution is 0.728. The first kappa shape index (κ1) is 18.3. The minimum absolute atomic E-state index is 0.142. The summed E-state index contributed by atoms with van der Waals surface area (Å²) in [6, 6.07) is 16.6. The summed E-state index contributed by atoms with van der Waals surface area (Å²) >= 11 is 1.35. The molecule has 8 nitrogen and oxygen atoms in total. The van der Waals surface area contributed by atoms with E-state index in [1.54, 1.807) is 24.4 Å². The molecular weight excluding hydrogens is 400 g/mol. The number of rotatable bonds is 4. The van der Waals surface area contributed by atoms with E-state index in [4.69, 9.17) is 0 Å². The van der Waals surface area contributed by atoms with Crippen LogP contribution in [-0.2, 0) is 5.75 Å². The van der Waals surface area contributed by atoms with Gasteiger partial charge in [0.15, 0.2) is 0 Å². The lowest BCUT2D eigenvalue weighted by Crippen LogP contribution is -2.15. The lowest BCUT2D eigenvalue weighted by atomic mass is 10.1. The molecule has 4 heterocycles. The summed E-state index contributed by atoms with van der Waals surface area (Å²) in [5, 5.41) is 11.8. The van der Waals surface area contributed by atoms with Gasteiger partial charge in [-0.15, -0.1) is 5.10 Å². The summed E-state index contributed by atoms with van der Waals surface area (Å²) < 4.78 is 3.03. The number of aromatic nitrogens is 6. The first-order valence-electron chi connectivity index (χ1n) is 9.24. The van der Waals surface area contributed by atoms with Gasteiger partial charge >= 0.3 is 0 Å². The number of hydrogen-bond donors (Lipinski definition) is 1. The minimum atomic E-state index is -0.313.